The van der Waals surface area contributed by atoms with Gasteiger partial charge in [0, 0.05) is 24.6 Å². The molecule has 1 saturated carbocycles. The maximum Gasteiger partial charge on any atom is 0.322 e. The average molecular weight is 381 g/mol. The Balaban J connectivity index is 1.42. The first-order valence-corrected chi connectivity index (χ1v) is 9.71. The van der Waals surface area contributed by atoms with E-state index in [0.717, 1.165) is 6.42 Å². The summed E-state index contributed by atoms with van der Waals surface area (Å²) in [5, 5.41) is 3.54. The Bertz CT molecular complexity index is 659. The Kier molecular flexibility index (Phi) is 5.25. The molecule has 0 bridgehead atoms. The molecule has 2 saturated heterocycles. The van der Waals surface area contributed by atoms with Gasteiger partial charge >= 0.3 is 6.03 Å². The molecular formula is C19H25ClN2O4. The van der Waals surface area contributed by atoms with Gasteiger partial charge in [-0.1, -0.05) is 18.0 Å². The fourth-order valence-corrected chi connectivity index (χ4v) is 3.80. The monoisotopic (exact) mass is 380 g/mol. The number of ether oxygens (including phenoxy) is 3. The third-order valence-electron chi connectivity index (χ3n) is 5.49. The number of amides is 2. The van der Waals surface area contributed by atoms with Gasteiger partial charge in [0.25, 0.3) is 0 Å². The Hall–Kier alpha value is -1.50. The van der Waals surface area contributed by atoms with Gasteiger partial charge in [-0.15, -0.1) is 0 Å². The van der Waals surface area contributed by atoms with Crippen LogP contribution in [-0.2, 0) is 9.47 Å². The van der Waals surface area contributed by atoms with Crippen molar-refractivity contribution in [3.63, 3.8) is 0 Å². The minimum Gasteiger partial charge on any atom is -0.491 e. The van der Waals surface area contributed by atoms with Crippen LogP contribution >= 0.6 is 11.6 Å². The Morgan fingerprint density at radius 3 is 3.00 bits per heavy atom. The number of urea groups is 1. The Morgan fingerprint density at radius 2 is 2.27 bits per heavy atom. The molecule has 3 aliphatic rings. The molecule has 2 aliphatic heterocycles. The lowest BCUT2D eigenvalue weighted by Gasteiger charge is -2.39. The average Bonchev–Trinajstić information content (AvgIpc) is 3.03. The van der Waals surface area contributed by atoms with E-state index in [4.69, 9.17) is 25.8 Å². The molecule has 0 aromatic heterocycles. The standard InChI is InChI=1S/C19H25ClN2O4/c20-15-4-5-17(25-11-14-2-1-3-14)16(10-15)21-18(23)22-7-9-26-19(12-22)6-8-24-13-19/h4-5,10,14H,1-3,6-9,11-13H2,(H,21,23)/t19-/m0/s1. The van der Waals surface area contributed by atoms with E-state index in [1.54, 1.807) is 17.0 Å². The van der Waals surface area contributed by atoms with Crippen LogP contribution < -0.4 is 10.1 Å². The van der Waals surface area contributed by atoms with Crippen LogP contribution in [0.4, 0.5) is 10.5 Å². The first-order chi connectivity index (χ1) is 12.6. The summed E-state index contributed by atoms with van der Waals surface area (Å²) in [5.41, 5.74) is 0.262. The minimum atomic E-state index is -0.354. The highest BCUT2D eigenvalue weighted by atomic mass is 35.5. The number of nitrogens with zero attached hydrogens (tertiary/aromatic N) is 1. The van der Waals surface area contributed by atoms with Crippen molar-refractivity contribution in [2.45, 2.75) is 31.3 Å². The van der Waals surface area contributed by atoms with Crippen LogP contribution in [0.15, 0.2) is 18.2 Å². The van der Waals surface area contributed by atoms with Crippen LogP contribution in [0.2, 0.25) is 5.02 Å². The van der Waals surface area contributed by atoms with Crippen molar-refractivity contribution in [3.05, 3.63) is 23.2 Å². The van der Waals surface area contributed by atoms with Gasteiger partial charge in [0.15, 0.2) is 0 Å². The smallest absolute Gasteiger partial charge is 0.322 e. The maximum absolute atomic E-state index is 12.8. The number of hydrogen-bond acceptors (Lipinski definition) is 4. The molecule has 6 nitrogen and oxygen atoms in total. The van der Waals surface area contributed by atoms with Gasteiger partial charge in [-0.25, -0.2) is 4.79 Å². The number of carbonyl (C=O) groups is 1. The summed E-state index contributed by atoms with van der Waals surface area (Å²) in [6.07, 6.45) is 4.53. The first kappa shape index (κ1) is 17.9. The van der Waals surface area contributed by atoms with E-state index >= 15 is 0 Å². The molecule has 0 radical (unpaired) electrons. The lowest BCUT2D eigenvalue weighted by molar-refractivity contribution is -0.0964. The largest absolute Gasteiger partial charge is 0.491 e. The molecule has 3 fully saturated rings. The Labute approximate surface area is 158 Å². The first-order valence-electron chi connectivity index (χ1n) is 9.34. The van der Waals surface area contributed by atoms with Crippen LogP contribution in [0.25, 0.3) is 0 Å². The summed E-state index contributed by atoms with van der Waals surface area (Å²) in [4.78, 5) is 14.6. The molecule has 2 amide bonds. The second-order valence-corrected chi connectivity index (χ2v) is 7.87. The molecule has 2 heterocycles. The fraction of sp³-hybridized carbons (Fsp3) is 0.632. The molecule has 142 valence electrons. The second kappa shape index (κ2) is 7.62. The molecular weight excluding hydrogens is 356 g/mol. The predicted molar refractivity (Wildman–Crippen MR) is 99.0 cm³/mol. The Morgan fingerprint density at radius 1 is 1.38 bits per heavy atom. The van der Waals surface area contributed by atoms with E-state index in [9.17, 15) is 4.79 Å². The zero-order valence-electron chi connectivity index (χ0n) is 14.8. The van der Waals surface area contributed by atoms with Gasteiger partial charge in [0.1, 0.15) is 11.4 Å². The van der Waals surface area contributed by atoms with Gasteiger partial charge in [0.05, 0.1) is 32.1 Å². The third kappa shape index (κ3) is 3.92. The quantitative estimate of drug-likeness (QED) is 0.867. The molecule has 1 N–H and O–H groups in total. The van der Waals surface area contributed by atoms with Crippen LogP contribution in [0.1, 0.15) is 25.7 Å². The summed E-state index contributed by atoms with van der Waals surface area (Å²) >= 11 is 6.13. The normalized spacial score (nSPS) is 26.0. The summed E-state index contributed by atoms with van der Waals surface area (Å²) in [7, 11) is 0. The number of nitrogens with one attached hydrogen (secondary N) is 1. The highest BCUT2D eigenvalue weighted by Crippen LogP contribution is 2.33. The highest BCUT2D eigenvalue weighted by molar-refractivity contribution is 6.31. The molecule has 1 aromatic carbocycles. The van der Waals surface area contributed by atoms with Crippen LogP contribution in [0, 0.1) is 5.92 Å². The van der Waals surface area contributed by atoms with Crippen LogP contribution in [0.5, 0.6) is 5.75 Å². The van der Waals surface area contributed by atoms with Crippen molar-refractivity contribution < 1.29 is 19.0 Å². The molecule has 1 aromatic rings. The van der Waals surface area contributed by atoms with E-state index in [1.807, 2.05) is 6.07 Å². The van der Waals surface area contributed by atoms with Crippen molar-refractivity contribution >= 4 is 23.3 Å². The van der Waals surface area contributed by atoms with Crippen molar-refractivity contribution in [3.8, 4) is 5.75 Å². The van der Waals surface area contributed by atoms with Gasteiger partial charge in [-0.3, -0.25) is 0 Å². The van der Waals surface area contributed by atoms with Gasteiger partial charge in [-0.2, -0.15) is 0 Å². The molecule has 1 atom stereocenters. The van der Waals surface area contributed by atoms with E-state index in [2.05, 4.69) is 5.32 Å². The number of hydrogen-bond donors (Lipinski definition) is 1. The molecule has 26 heavy (non-hydrogen) atoms. The zero-order valence-corrected chi connectivity index (χ0v) is 15.6. The predicted octanol–water partition coefficient (Wildman–Crippen LogP) is 3.54. The van der Waals surface area contributed by atoms with Gasteiger partial charge in [0.2, 0.25) is 0 Å². The van der Waals surface area contributed by atoms with Gasteiger partial charge < -0.3 is 24.4 Å². The summed E-state index contributed by atoms with van der Waals surface area (Å²) in [5.74, 6) is 1.29. The molecule has 1 spiro atoms. The number of halogens is 1. The number of rotatable bonds is 4. The fourth-order valence-electron chi connectivity index (χ4n) is 3.63. The molecule has 1 aliphatic carbocycles. The van der Waals surface area contributed by atoms with Crippen molar-refractivity contribution in [2.24, 2.45) is 5.92 Å². The number of morpholine rings is 1. The van der Waals surface area contributed by atoms with Gasteiger partial charge in [-0.05, 0) is 37.0 Å². The van der Waals surface area contributed by atoms with E-state index in [0.29, 0.717) is 61.9 Å². The number of benzene rings is 1. The second-order valence-electron chi connectivity index (χ2n) is 7.43. The lowest BCUT2D eigenvalue weighted by atomic mass is 9.86. The molecule has 7 heteroatoms. The minimum absolute atomic E-state index is 0.157. The third-order valence-corrected chi connectivity index (χ3v) is 5.72. The molecule has 0 unspecified atom stereocenters. The SMILES string of the molecule is O=C(Nc1cc(Cl)ccc1OCC1CCC1)N1CCO[C@@]2(CCOC2)C1. The lowest BCUT2D eigenvalue weighted by Crippen LogP contribution is -2.55. The number of carbonyl (C=O) groups excluding carboxylic acids is 1. The van der Waals surface area contributed by atoms with Crippen molar-refractivity contribution in [1.82, 2.24) is 4.90 Å². The highest BCUT2D eigenvalue weighted by Gasteiger charge is 2.41. The van der Waals surface area contributed by atoms with E-state index in [1.165, 1.54) is 19.3 Å². The molecule has 4 rings (SSSR count). The van der Waals surface area contributed by atoms with Crippen molar-refractivity contribution in [1.29, 1.82) is 0 Å². The topological polar surface area (TPSA) is 60.0 Å². The number of anilines is 1. The summed E-state index contributed by atoms with van der Waals surface area (Å²) < 4.78 is 17.3. The van der Waals surface area contributed by atoms with E-state index in [-0.39, 0.29) is 11.6 Å². The summed E-state index contributed by atoms with van der Waals surface area (Å²) in [6, 6.07) is 5.19. The maximum atomic E-state index is 12.8. The zero-order chi connectivity index (χ0) is 18.0. The summed E-state index contributed by atoms with van der Waals surface area (Å²) in [6.45, 7) is 3.54. The van der Waals surface area contributed by atoms with E-state index < -0.39 is 0 Å². The van der Waals surface area contributed by atoms with Crippen molar-refractivity contribution in [2.75, 3.05) is 44.8 Å². The van der Waals surface area contributed by atoms with Crippen LogP contribution in [0.3, 0.4) is 0 Å². The van der Waals surface area contributed by atoms with Crippen LogP contribution in [-0.4, -0.2) is 56.0 Å².